The molecule has 0 fully saturated rings. The van der Waals surface area contributed by atoms with Crippen molar-refractivity contribution in [2.75, 3.05) is 6.54 Å². The zero-order valence-corrected chi connectivity index (χ0v) is 26.1. The highest BCUT2D eigenvalue weighted by molar-refractivity contribution is 5.80. The second kappa shape index (κ2) is 30.3. The minimum absolute atomic E-state index is 0.0164. The smallest absolute Gasteiger partial charge is 0.322 e. The number of carboxylic acids is 1. The molecule has 0 aliphatic heterocycles. The van der Waals surface area contributed by atoms with Crippen LogP contribution in [0.1, 0.15) is 142 Å². The molecule has 1 unspecified atom stereocenters. The van der Waals surface area contributed by atoms with E-state index in [0.29, 0.717) is 12.8 Å². The second-order valence-electron chi connectivity index (χ2n) is 10.7. The number of hydrogen-bond donors (Lipinski definition) is 2. The topological polar surface area (TPSA) is 92.7 Å². The average Bonchev–Trinajstić information content (AvgIpc) is 2.95. The highest BCUT2D eigenvalue weighted by atomic mass is 16.5. The lowest BCUT2D eigenvalue weighted by Crippen LogP contribution is -2.28. The molecule has 41 heavy (non-hydrogen) atoms. The van der Waals surface area contributed by atoms with Crippen LogP contribution in [0.4, 0.5) is 0 Å². The van der Waals surface area contributed by atoms with Crippen molar-refractivity contribution in [2.45, 2.75) is 148 Å². The first-order valence-electron chi connectivity index (χ1n) is 16.3. The molecule has 6 nitrogen and oxygen atoms in total. The molecule has 0 aliphatic rings. The number of hydrogen-bond acceptors (Lipinski definition) is 4. The first kappa shape index (κ1) is 38.4. The van der Waals surface area contributed by atoms with Crippen LogP contribution in [-0.4, -0.2) is 35.6 Å². The Morgan fingerprint density at radius 3 is 1.78 bits per heavy atom. The van der Waals surface area contributed by atoms with E-state index in [1.54, 1.807) is 0 Å². The molecule has 0 rings (SSSR count). The number of esters is 1. The number of unbranched alkanes of at least 4 members (excludes halogenated alkanes) is 9. The molecule has 0 aromatic rings. The number of aliphatic carboxylic acids is 1. The fraction of sp³-hybridized carbons (Fsp3) is 0.686. The van der Waals surface area contributed by atoms with Crippen LogP contribution in [0.25, 0.3) is 0 Å². The van der Waals surface area contributed by atoms with Gasteiger partial charge in [0, 0.05) is 12.8 Å². The van der Waals surface area contributed by atoms with E-state index in [1.165, 1.54) is 25.7 Å². The summed E-state index contributed by atoms with van der Waals surface area (Å²) in [6, 6.07) is 0. The molecular weight excluding hydrogens is 514 g/mol. The Bertz CT molecular complexity index is 769. The standard InChI is InChI=1S/C35H59NO5/c1-3-5-7-9-10-11-12-13-14-15-16-17-18-20-26-30-35(40)41-32(27-23-19-8-6-4-2)28-24-21-22-25-29-33(37)36-31-34(38)39/h5,7,10-11,13-14,16-17,32H,3-4,6,8-9,12,15,18-31H2,1-2H3,(H,36,37)(H,38,39)/b7-5-,11-10-,14-13-,17-16-. The Balaban J connectivity index is 4.11. The third-order valence-electron chi connectivity index (χ3n) is 6.77. The summed E-state index contributed by atoms with van der Waals surface area (Å²) in [4.78, 5) is 34.6. The van der Waals surface area contributed by atoms with Crippen molar-refractivity contribution < 1.29 is 24.2 Å². The molecule has 0 aliphatic carbocycles. The summed E-state index contributed by atoms with van der Waals surface area (Å²) in [5, 5.41) is 11.0. The maximum Gasteiger partial charge on any atom is 0.322 e. The maximum absolute atomic E-state index is 12.5. The summed E-state index contributed by atoms with van der Waals surface area (Å²) in [5.41, 5.74) is 0. The SMILES string of the molecule is CC/C=C\C/C=C\C/C=C\C/C=C\CCCCC(=O)OC(CCCCCCC)CCCCCCC(=O)NCC(=O)O. The van der Waals surface area contributed by atoms with Crippen LogP contribution in [-0.2, 0) is 19.1 Å². The first-order valence-corrected chi connectivity index (χ1v) is 16.3. The molecule has 0 aromatic heterocycles. The van der Waals surface area contributed by atoms with Gasteiger partial charge in [0.2, 0.25) is 5.91 Å². The maximum atomic E-state index is 12.5. The normalized spacial score (nSPS) is 12.6. The summed E-state index contributed by atoms with van der Waals surface area (Å²) in [6.07, 6.45) is 36.6. The third-order valence-corrected chi connectivity index (χ3v) is 6.77. The van der Waals surface area contributed by atoms with E-state index in [-0.39, 0.29) is 24.5 Å². The number of allylic oxidation sites excluding steroid dienone is 8. The van der Waals surface area contributed by atoms with Crippen molar-refractivity contribution in [2.24, 2.45) is 0 Å². The monoisotopic (exact) mass is 573 g/mol. The number of amides is 1. The van der Waals surface area contributed by atoms with Crippen LogP contribution < -0.4 is 5.32 Å². The minimum atomic E-state index is -1.03. The highest BCUT2D eigenvalue weighted by Crippen LogP contribution is 2.17. The van der Waals surface area contributed by atoms with Gasteiger partial charge in [-0.2, -0.15) is 0 Å². The molecule has 0 saturated carbocycles. The van der Waals surface area contributed by atoms with Gasteiger partial charge in [-0.05, 0) is 77.0 Å². The molecule has 234 valence electrons. The van der Waals surface area contributed by atoms with Crippen LogP contribution in [0.15, 0.2) is 48.6 Å². The Morgan fingerprint density at radius 2 is 1.20 bits per heavy atom. The Morgan fingerprint density at radius 1 is 0.659 bits per heavy atom. The van der Waals surface area contributed by atoms with Gasteiger partial charge in [-0.1, -0.05) is 101 Å². The van der Waals surface area contributed by atoms with E-state index >= 15 is 0 Å². The molecule has 2 N–H and O–H groups in total. The molecule has 0 aromatic carbocycles. The summed E-state index contributed by atoms with van der Waals surface area (Å²) < 4.78 is 5.88. The number of nitrogens with one attached hydrogen (secondary N) is 1. The van der Waals surface area contributed by atoms with Gasteiger partial charge in [-0.15, -0.1) is 0 Å². The number of rotatable bonds is 28. The van der Waals surface area contributed by atoms with E-state index in [1.807, 2.05) is 0 Å². The van der Waals surface area contributed by atoms with Gasteiger partial charge in [-0.25, -0.2) is 0 Å². The van der Waals surface area contributed by atoms with Crippen molar-refractivity contribution >= 4 is 17.8 Å². The van der Waals surface area contributed by atoms with Gasteiger partial charge < -0.3 is 15.2 Å². The van der Waals surface area contributed by atoms with Crippen molar-refractivity contribution in [1.82, 2.24) is 5.32 Å². The Hall–Kier alpha value is -2.63. The zero-order valence-electron chi connectivity index (χ0n) is 26.1. The van der Waals surface area contributed by atoms with Gasteiger partial charge in [-0.3, -0.25) is 14.4 Å². The van der Waals surface area contributed by atoms with Crippen molar-refractivity contribution in [3.05, 3.63) is 48.6 Å². The fourth-order valence-corrected chi connectivity index (χ4v) is 4.39. The van der Waals surface area contributed by atoms with Crippen LogP contribution in [0.5, 0.6) is 0 Å². The van der Waals surface area contributed by atoms with Crippen molar-refractivity contribution in [3.63, 3.8) is 0 Å². The number of carbonyl (C=O) groups excluding carboxylic acids is 2. The lowest BCUT2D eigenvalue weighted by Gasteiger charge is -2.18. The first-order chi connectivity index (χ1) is 20.0. The van der Waals surface area contributed by atoms with Gasteiger partial charge >= 0.3 is 11.9 Å². The molecule has 0 saturated heterocycles. The zero-order chi connectivity index (χ0) is 30.2. The van der Waals surface area contributed by atoms with E-state index in [4.69, 9.17) is 9.84 Å². The van der Waals surface area contributed by atoms with Gasteiger partial charge in [0.15, 0.2) is 0 Å². The van der Waals surface area contributed by atoms with Crippen LogP contribution in [0, 0.1) is 0 Å². The lowest BCUT2D eigenvalue weighted by atomic mass is 10.0. The van der Waals surface area contributed by atoms with E-state index < -0.39 is 5.97 Å². The largest absolute Gasteiger partial charge is 0.480 e. The number of carboxylic acid groups (broad SMARTS) is 1. The van der Waals surface area contributed by atoms with Crippen LogP contribution in [0.2, 0.25) is 0 Å². The Labute approximate surface area is 250 Å². The van der Waals surface area contributed by atoms with Gasteiger partial charge in [0.25, 0.3) is 0 Å². The van der Waals surface area contributed by atoms with Crippen molar-refractivity contribution in [1.29, 1.82) is 0 Å². The summed E-state index contributed by atoms with van der Waals surface area (Å²) in [6.45, 7) is 4.03. The summed E-state index contributed by atoms with van der Waals surface area (Å²) >= 11 is 0. The minimum Gasteiger partial charge on any atom is -0.480 e. The lowest BCUT2D eigenvalue weighted by molar-refractivity contribution is -0.150. The van der Waals surface area contributed by atoms with Crippen LogP contribution >= 0.6 is 0 Å². The molecule has 0 spiro atoms. The number of ether oxygens (including phenoxy) is 1. The molecule has 0 bridgehead atoms. The average molecular weight is 574 g/mol. The predicted molar refractivity (Wildman–Crippen MR) is 171 cm³/mol. The van der Waals surface area contributed by atoms with E-state index in [9.17, 15) is 14.4 Å². The molecule has 6 heteroatoms. The molecule has 1 atom stereocenters. The second-order valence-corrected chi connectivity index (χ2v) is 10.7. The molecule has 1 amide bonds. The predicted octanol–water partition coefficient (Wildman–Crippen LogP) is 9.17. The van der Waals surface area contributed by atoms with E-state index in [2.05, 4.69) is 67.8 Å². The molecule has 0 radical (unpaired) electrons. The van der Waals surface area contributed by atoms with E-state index in [0.717, 1.165) is 89.9 Å². The highest BCUT2D eigenvalue weighted by Gasteiger charge is 2.14. The number of carbonyl (C=O) groups is 3. The summed E-state index contributed by atoms with van der Waals surface area (Å²) in [7, 11) is 0. The molecular formula is C35H59NO5. The van der Waals surface area contributed by atoms with Crippen LogP contribution in [0.3, 0.4) is 0 Å². The Kier molecular flexibility index (Phi) is 28.4. The fourth-order valence-electron chi connectivity index (χ4n) is 4.39. The molecule has 0 heterocycles. The summed E-state index contributed by atoms with van der Waals surface area (Å²) in [5.74, 6) is -1.32. The van der Waals surface area contributed by atoms with Gasteiger partial charge in [0.1, 0.15) is 12.6 Å². The van der Waals surface area contributed by atoms with Crippen molar-refractivity contribution in [3.8, 4) is 0 Å². The third kappa shape index (κ3) is 30.2. The quantitative estimate of drug-likeness (QED) is 0.0553. The van der Waals surface area contributed by atoms with Gasteiger partial charge in [0.05, 0.1) is 0 Å².